The first-order chi connectivity index (χ1) is 8.29. The summed E-state index contributed by atoms with van der Waals surface area (Å²) >= 11 is 0. The molecular formula is C11H12N2O4S. The van der Waals surface area contributed by atoms with E-state index in [9.17, 15) is 18.0 Å². The molecule has 1 aromatic rings. The molecule has 0 aliphatic carbocycles. The van der Waals surface area contributed by atoms with Gasteiger partial charge in [0.05, 0.1) is 16.3 Å². The summed E-state index contributed by atoms with van der Waals surface area (Å²) in [6, 6.07) is 4.30. The lowest BCUT2D eigenvalue weighted by Gasteiger charge is -2.28. The van der Waals surface area contributed by atoms with Crippen LogP contribution in [0.15, 0.2) is 23.1 Å². The molecule has 0 aromatic heterocycles. The summed E-state index contributed by atoms with van der Waals surface area (Å²) < 4.78 is 22.8. The van der Waals surface area contributed by atoms with E-state index < -0.39 is 9.84 Å². The van der Waals surface area contributed by atoms with E-state index in [0.717, 1.165) is 6.26 Å². The number of nitrogens with zero attached hydrogens (tertiary/aromatic N) is 1. The smallest absolute Gasteiger partial charge is 0.244 e. The number of carbonyl (C=O) groups excluding carboxylic acids is 2. The van der Waals surface area contributed by atoms with E-state index in [4.69, 9.17) is 0 Å². The van der Waals surface area contributed by atoms with Gasteiger partial charge in [-0.05, 0) is 18.2 Å². The summed E-state index contributed by atoms with van der Waals surface area (Å²) in [7, 11) is -3.35. The van der Waals surface area contributed by atoms with Crippen LogP contribution in [0, 0.1) is 0 Å². The highest BCUT2D eigenvalue weighted by atomic mass is 32.2. The molecule has 0 saturated carbocycles. The van der Waals surface area contributed by atoms with Crippen molar-refractivity contribution in [1.29, 1.82) is 0 Å². The highest BCUT2D eigenvalue weighted by molar-refractivity contribution is 7.90. The molecule has 1 aromatic carbocycles. The molecule has 0 radical (unpaired) electrons. The molecule has 0 saturated heterocycles. The van der Waals surface area contributed by atoms with Gasteiger partial charge in [0, 0.05) is 13.2 Å². The minimum atomic E-state index is -3.35. The number of anilines is 2. The van der Waals surface area contributed by atoms with Crippen LogP contribution in [-0.2, 0) is 19.4 Å². The average Bonchev–Trinajstić information content (AvgIpc) is 2.25. The van der Waals surface area contributed by atoms with Gasteiger partial charge in [0.25, 0.3) is 0 Å². The molecule has 0 fully saturated rings. The van der Waals surface area contributed by atoms with Crippen LogP contribution in [0.25, 0.3) is 0 Å². The van der Waals surface area contributed by atoms with Gasteiger partial charge < -0.3 is 10.2 Å². The monoisotopic (exact) mass is 268 g/mol. The molecule has 1 N–H and O–H groups in total. The number of hydrogen-bond donors (Lipinski definition) is 1. The zero-order chi connectivity index (χ0) is 13.5. The van der Waals surface area contributed by atoms with E-state index in [0.29, 0.717) is 11.4 Å². The molecule has 1 aliphatic rings. The van der Waals surface area contributed by atoms with Gasteiger partial charge in [0.1, 0.15) is 6.54 Å². The lowest BCUT2D eigenvalue weighted by molar-refractivity contribution is -0.120. The Morgan fingerprint density at radius 1 is 1.39 bits per heavy atom. The molecule has 7 heteroatoms. The predicted octanol–water partition coefficient (Wildman–Crippen LogP) is 0.395. The van der Waals surface area contributed by atoms with Crippen molar-refractivity contribution in [2.45, 2.75) is 11.8 Å². The maximum absolute atomic E-state index is 11.4. The van der Waals surface area contributed by atoms with Crippen molar-refractivity contribution in [3.8, 4) is 0 Å². The van der Waals surface area contributed by atoms with Gasteiger partial charge in [-0.1, -0.05) is 0 Å². The minimum Gasteiger partial charge on any atom is -0.323 e. The second kappa shape index (κ2) is 4.09. The van der Waals surface area contributed by atoms with E-state index in [1.165, 1.54) is 30.0 Å². The second-order valence-electron chi connectivity index (χ2n) is 4.10. The van der Waals surface area contributed by atoms with Crippen LogP contribution in [0.4, 0.5) is 11.4 Å². The van der Waals surface area contributed by atoms with Crippen molar-refractivity contribution < 1.29 is 18.0 Å². The van der Waals surface area contributed by atoms with Crippen molar-refractivity contribution in [2.24, 2.45) is 0 Å². The Bertz CT molecular complexity index is 636. The Labute approximate surface area is 105 Å². The number of hydrogen-bond acceptors (Lipinski definition) is 4. The van der Waals surface area contributed by atoms with Gasteiger partial charge >= 0.3 is 0 Å². The van der Waals surface area contributed by atoms with Gasteiger partial charge in [0.2, 0.25) is 11.8 Å². The average molecular weight is 268 g/mol. The van der Waals surface area contributed by atoms with Crippen LogP contribution in [0.2, 0.25) is 0 Å². The van der Waals surface area contributed by atoms with E-state index in [1.807, 2.05) is 0 Å². The number of amides is 2. The fraction of sp³-hybridized carbons (Fsp3) is 0.273. The van der Waals surface area contributed by atoms with Gasteiger partial charge in [-0.3, -0.25) is 9.59 Å². The van der Waals surface area contributed by atoms with E-state index in [2.05, 4.69) is 5.32 Å². The molecule has 0 unspecified atom stereocenters. The Balaban J connectivity index is 2.57. The highest BCUT2D eigenvalue weighted by Gasteiger charge is 2.25. The Hall–Kier alpha value is -1.89. The first-order valence-corrected chi connectivity index (χ1v) is 7.10. The molecule has 96 valence electrons. The van der Waals surface area contributed by atoms with E-state index in [-0.39, 0.29) is 23.3 Å². The summed E-state index contributed by atoms with van der Waals surface area (Å²) in [4.78, 5) is 24.3. The van der Waals surface area contributed by atoms with Crippen molar-refractivity contribution in [1.82, 2.24) is 0 Å². The molecule has 1 heterocycles. The Morgan fingerprint density at radius 3 is 2.61 bits per heavy atom. The number of sulfone groups is 1. The van der Waals surface area contributed by atoms with Crippen LogP contribution in [0.3, 0.4) is 0 Å². The molecule has 6 nitrogen and oxygen atoms in total. The summed E-state index contributed by atoms with van der Waals surface area (Å²) in [5.74, 6) is -0.610. The number of rotatable bonds is 1. The maximum atomic E-state index is 11.4. The molecule has 1 aliphatic heterocycles. The van der Waals surface area contributed by atoms with Gasteiger partial charge in [-0.15, -0.1) is 0 Å². The molecule has 2 amide bonds. The quantitative estimate of drug-likeness (QED) is 0.799. The zero-order valence-corrected chi connectivity index (χ0v) is 10.7. The van der Waals surface area contributed by atoms with Gasteiger partial charge in [0.15, 0.2) is 9.84 Å². The SMILES string of the molecule is CC(=O)N1CC(=O)Nc2cc(S(C)(=O)=O)ccc21. The zero-order valence-electron chi connectivity index (χ0n) is 9.93. The maximum Gasteiger partial charge on any atom is 0.244 e. The van der Waals surface area contributed by atoms with Crippen molar-refractivity contribution in [3.05, 3.63) is 18.2 Å². The summed E-state index contributed by atoms with van der Waals surface area (Å²) in [6.07, 6.45) is 1.09. The molecule has 2 rings (SSSR count). The third-order valence-corrected chi connectivity index (χ3v) is 3.75. The van der Waals surface area contributed by atoms with Crippen LogP contribution >= 0.6 is 0 Å². The number of fused-ring (bicyclic) bond motifs is 1. The lowest BCUT2D eigenvalue weighted by atomic mass is 10.2. The fourth-order valence-corrected chi connectivity index (χ4v) is 2.43. The lowest BCUT2D eigenvalue weighted by Crippen LogP contribution is -2.41. The van der Waals surface area contributed by atoms with Crippen LogP contribution in [0.1, 0.15) is 6.92 Å². The van der Waals surface area contributed by atoms with Crippen LogP contribution in [-0.4, -0.2) is 33.0 Å². The normalized spacial score (nSPS) is 15.0. The van der Waals surface area contributed by atoms with Crippen molar-refractivity contribution >= 4 is 33.0 Å². The van der Waals surface area contributed by atoms with Crippen molar-refractivity contribution in [2.75, 3.05) is 23.0 Å². The number of benzene rings is 1. The first-order valence-electron chi connectivity index (χ1n) is 5.21. The minimum absolute atomic E-state index is 0.0550. The summed E-state index contributed by atoms with van der Waals surface area (Å²) in [5.41, 5.74) is 0.846. The van der Waals surface area contributed by atoms with Crippen LogP contribution in [0.5, 0.6) is 0 Å². The third kappa shape index (κ3) is 2.21. The largest absolute Gasteiger partial charge is 0.323 e. The van der Waals surface area contributed by atoms with Crippen LogP contribution < -0.4 is 10.2 Å². The molecule has 18 heavy (non-hydrogen) atoms. The summed E-state index contributed by atoms with van der Waals surface area (Å²) in [5, 5.41) is 2.56. The topological polar surface area (TPSA) is 83.6 Å². The highest BCUT2D eigenvalue weighted by Crippen LogP contribution is 2.31. The summed E-state index contributed by atoms with van der Waals surface area (Å²) in [6.45, 7) is 1.30. The third-order valence-electron chi connectivity index (χ3n) is 2.64. The van der Waals surface area contributed by atoms with Gasteiger partial charge in [-0.2, -0.15) is 0 Å². The van der Waals surface area contributed by atoms with E-state index in [1.54, 1.807) is 0 Å². The standard InChI is InChI=1S/C11H12N2O4S/c1-7(14)13-6-11(15)12-9-5-8(18(2,16)17)3-4-10(9)13/h3-5H,6H2,1-2H3,(H,12,15). The first kappa shape index (κ1) is 12.6. The van der Waals surface area contributed by atoms with E-state index >= 15 is 0 Å². The molecule has 0 atom stereocenters. The molecular weight excluding hydrogens is 256 g/mol. The number of carbonyl (C=O) groups is 2. The fourth-order valence-electron chi connectivity index (χ4n) is 1.78. The van der Waals surface area contributed by atoms with Crippen molar-refractivity contribution in [3.63, 3.8) is 0 Å². The second-order valence-corrected chi connectivity index (χ2v) is 6.12. The Kier molecular flexibility index (Phi) is 2.86. The molecule has 0 bridgehead atoms. The molecule has 0 spiro atoms. The predicted molar refractivity (Wildman–Crippen MR) is 66.2 cm³/mol. The number of nitrogens with one attached hydrogen (secondary N) is 1. The Morgan fingerprint density at radius 2 is 2.06 bits per heavy atom. The van der Waals surface area contributed by atoms with Gasteiger partial charge in [-0.25, -0.2) is 8.42 Å².